The molecule has 1 aromatic heterocycles. The van der Waals surface area contributed by atoms with Crippen LogP contribution in [0.3, 0.4) is 0 Å². The van der Waals surface area contributed by atoms with Crippen LogP contribution in [0.5, 0.6) is 0 Å². The van der Waals surface area contributed by atoms with E-state index in [2.05, 4.69) is 6.58 Å². The number of benzene rings is 3. The Labute approximate surface area is 220 Å². The highest BCUT2D eigenvalue weighted by molar-refractivity contribution is 5.96. The Morgan fingerprint density at radius 1 is 0.921 bits per heavy atom. The van der Waals surface area contributed by atoms with E-state index in [4.69, 9.17) is 4.42 Å². The lowest BCUT2D eigenvalue weighted by Gasteiger charge is -2.27. The molecule has 3 aromatic carbocycles. The Morgan fingerprint density at radius 2 is 1.61 bits per heavy atom. The highest BCUT2D eigenvalue weighted by Gasteiger charge is 2.23. The third kappa shape index (κ3) is 6.24. The zero-order valence-electron chi connectivity index (χ0n) is 21.2. The van der Waals surface area contributed by atoms with Crippen LogP contribution in [0, 0.1) is 5.82 Å². The molecule has 0 saturated heterocycles. The van der Waals surface area contributed by atoms with E-state index < -0.39 is 5.82 Å². The molecule has 4 aromatic rings. The van der Waals surface area contributed by atoms with Gasteiger partial charge in [0.15, 0.2) is 5.43 Å². The van der Waals surface area contributed by atoms with Gasteiger partial charge < -0.3 is 14.2 Å². The first kappa shape index (κ1) is 26.5. The van der Waals surface area contributed by atoms with Crippen LogP contribution in [0.4, 0.5) is 4.39 Å². The molecule has 7 heteroatoms. The minimum absolute atomic E-state index is 0.0370. The summed E-state index contributed by atoms with van der Waals surface area (Å²) in [7, 11) is 0. The molecular weight excluding hydrogens is 483 g/mol. The van der Waals surface area contributed by atoms with E-state index in [0.717, 1.165) is 12.0 Å². The Kier molecular flexibility index (Phi) is 8.48. The quantitative estimate of drug-likeness (QED) is 0.269. The first-order chi connectivity index (χ1) is 18.4. The Balaban J connectivity index is 1.62. The molecule has 0 N–H and O–H groups in total. The van der Waals surface area contributed by atoms with Crippen molar-refractivity contribution < 1.29 is 18.4 Å². The maximum Gasteiger partial charge on any atom is 0.254 e. The Bertz CT molecular complexity index is 1490. The van der Waals surface area contributed by atoms with Crippen molar-refractivity contribution in [1.29, 1.82) is 0 Å². The average molecular weight is 513 g/mol. The van der Waals surface area contributed by atoms with Gasteiger partial charge in [0.25, 0.3) is 5.91 Å². The third-order valence-electron chi connectivity index (χ3n) is 6.32. The summed E-state index contributed by atoms with van der Waals surface area (Å²) in [4.78, 5) is 42.9. The maximum atomic E-state index is 13.6. The van der Waals surface area contributed by atoms with Gasteiger partial charge in [0.05, 0.1) is 23.8 Å². The van der Waals surface area contributed by atoms with E-state index in [0.29, 0.717) is 27.7 Å². The summed E-state index contributed by atoms with van der Waals surface area (Å²) in [5.74, 6) is -1.06. The van der Waals surface area contributed by atoms with E-state index in [1.54, 1.807) is 54.6 Å². The Morgan fingerprint density at radius 3 is 2.29 bits per heavy atom. The summed E-state index contributed by atoms with van der Waals surface area (Å²) in [5, 5.41) is 0.415. The summed E-state index contributed by atoms with van der Waals surface area (Å²) in [5.41, 5.74) is 2.77. The molecule has 2 amide bonds. The number of hydrogen-bond acceptors (Lipinski definition) is 4. The molecule has 0 spiro atoms. The van der Waals surface area contributed by atoms with Crippen molar-refractivity contribution in [3.05, 3.63) is 130 Å². The van der Waals surface area contributed by atoms with Gasteiger partial charge in [0.2, 0.25) is 5.91 Å². The number of halogens is 1. The molecule has 0 saturated carbocycles. The number of hydrogen-bond donors (Lipinski definition) is 0. The van der Waals surface area contributed by atoms with E-state index in [-0.39, 0.29) is 43.4 Å². The zero-order valence-corrected chi connectivity index (χ0v) is 21.2. The van der Waals surface area contributed by atoms with Crippen molar-refractivity contribution in [2.24, 2.45) is 0 Å². The van der Waals surface area contributed by atoms with E-state index in [1.807, 2.05) is 19.1 Å². The summed E-state index contributed by atoms with van der Waals surface area (Å²) >= 11 is 0. The minimum Gasteiger partial charge on any atom is -0.464 e. The van der Waals surface area contributed by atoms with Gasteiger partial charge in [-0.2, -0.15) is 0 Å². The average Bonchev–Trinajstić information content (AvgIpc) is 2.94. The molecule has 38 heavy (non-hydrogen) atoms. The smallest absolute Gasteiger partial charge is 0.254 e. The highest BCUT2D eigenvalue weighted by atomic mass is 19.1. The molecule has 0 unspecified atom stereocenters. The van der Waals surface area contributed by atoms with E-state index in [9.17, 15) is 18.8 Å². The van der Waals surface area contributed by atoms with Crippen LogP contribution in [0.2, 0.25) is 0 Å². The molecule has 4 rings (SSSR count). The van der Waals surface area contributed by atoms with E-state index >= 15 is 0 Å². The summed E-state index contributed by atoms with van der Waals surface area (Å²) < 4.78 is 19.1. The predicted molar refractivity (Wildman–Crippen MR) is 145 cm³/mol. The number of para-hydroxylation sites is 1. The van der Waals surface area contributed by atoms with E-state index in [1.165, 1.54) is 28.2 Å². The van der Waals surface area contributed by atoms with Crippen LogP contribution in [-0.2, 0) is 24.3 Å². The minimum atomic E-state index is -0.390. The monoisotopic (exact) mass is 512 g/mol. The fourth-order valence-corrected chi connectivity index (χ4v) is 4.18. The number of rotatable bonds is 10. The van der Waals surface area contributed by atoms with Crippen molar-refractivity contribution in [1.82, 2.24) is 9.80 Å². The lowest BCUT2D eigenvalue weighted by Crippen LogP contribution is -2.43. The van der Waals surface area contributed by atoms with Crippen molar-refractivity contribution in [3.8, 4) is 0 Å². The molecule has 0 aliphatic carbocycles. The number of carbonyl (C=O) groups is 2. The number of aryl methyl sites for hydroxylation is 1. The molecule has 0 aliphatic heterocycles. The number of amides is 2. The van der Waals surface area contributed by atoms with Crippen LogP contribution in [-0.4, -0.2) is 34.7 Å². The molecule has 0 atom stereocenters. The molecule has 0 aliphatic rings. The van der Waals surface area contributed by atoms with Crippen molar-refractivity contribution in [3.63, 3.8) is 0 Å². The molecule has 0 fully saturated rings. The van der Waals surface area contributed by atoms with Gasteiger partial charge >= 0.3 is 0 Å². The lowest BCUT2D eigenvalue weighted by atomic mass is 10.1. The topological polar surface area (TPSA) is 70.8 Å². The number of carbonyl (C=O) groups excluding carboxylic acids is 2. The van der Waals surface area contributed by atoms with Gasteiger partial charge in [-0.25, -0.2) is 4.39 Å². The summed E-state index contributed by atoms with van der Waals surface area (Å²) in [6, 6.07) is 20.0. The molecule has 0 bridgehead atoms. The van der Waals surface area contributed by atoms with Gasteiger partial charge in [0, 0.05) is 18.7 Å². The van der Waals surface area contributed by atoms with Crippen molar-refractivity contribution in [2.45, 2.75) is 26.4 Å². The van der Waals surface area contributed by atoms with Gasteiger partial charge in [-0.05, 0) is 53.9 Å². The third-order valence-corrected chi connectivity index (χ3v) is 6.32. The standard InChI is InChI=1S/C31H29FN2O4/c1-3-17-33(31(37)24-13-9-22(4-2)10-14-24)20-29(35)34(18-23-11-15-26(32)16-12-23)19-25-21-38-28-8-6-5-7-27(28)30(25)36/h3,5-16,21H,1,4,17-20H2,2H3. The van der Waals surface area contributed by atoms with Gasteiger partial charge in [-0.15, -0.1) is 6.58 Å². The van der Waals surface area contributed by atoms with Crippen LogP contribution in [0.15, 0.2) is 101 Å². The first-order valence-electron chi connectivity index (χ1n) is 12.4. The van der Waals surface area contributed by atoms with Gasteiger partial charge in [-0.3, -0.25) is 14.4 Å². The fraction of sp³-hybridized carbons (Fsp3) is 0.194. The second kappa shape index (κ2) is 12.1. The molecular formula is C31H29FN2O4. The SMILES string of the molecule is C=CCN(CC(=O)N(Cc1ccc(F)cc1)Cc1coc2ccccc2c1=O)C(=O)c1ccc(CC)cc1. The molecule has 1 heterocycles. The summed E-state index contributed by atoms with van der Waals surface area (Å²) in [6.45, 7) is 5.79. The molecule has 0 radical (unpaired) electrons. The number of fused-ring (bicyclic) bond motifs is 1. The largest absolute Gasteiger partial charge is 0.464 e. The van der Waals surface area contributed by atoms with Crippen LogP contribution in [0.25, 0.3) is 11.0 Å². The van der Waals surface area contributed by atoms with Gasteiger partial charge in [0.1, 0.15) is 17.9 Å². The highest BCUT2D eigenvalue weighted by Crippen LogP contribution is 2.16. The summed E-state index contributed by atoms with van der Waals surface area (Å²) in [6.07, 6.45) is 3.77. The number of nitrogens with zero attached hydrogens (tertiary/aromatic N) is 2. The molecule has 194 valence electrons. The maximum absolute atomic E-state index is 13.6. The van der Waals surface area contributed by atoms with Gasteiger partial charge in [-0.1, -0.05) is 49.4 Å². The fourth-order valence-electron chi connectivity index (χ4n) is 4.18. The van der Waals surface area contributed by atoms with Crippen LogP contribution < -0.4 is 5.43 Å². The molecule has 6 nitrogen and oxygen atoms in total. The second-order valence-corrected chi connectivity index (χ2v) is 8.99. The normalized spacial score (nSPS) is 10.8. The zero-order chi connectivity index (χ0) is 27.1. The second-order valence-electron chi connectivity index (χ2n) is 8.99. The lowest BCUT2D eigenvalue weighted by molar-refractivity contribution is -0.133. The van der Waals surface area contributed by atoms with Crippen molar-refractivity contribution >= 4 is 22.8 Å². The van der Waals surface area contributed by atoms with Crippen LogP contribution in [0.1, 0.15) is 34.0 Å². The Hall–Kier alpha value is -4.52. The predicted octanol–water partition coefficient (Wildman–Crippen LogP) is 5.35. The first-order valence-corrected chi connectivity index (χ1v) is 12.4. The van der Waals surface area contributed by atoms with Crippen LogP contribution >= 0.6 is 0 Å². The van der Waals surface area contributed by atoms with Crippen molar-refractivity contribution in [2.75, 3.05) is 13.1 Å².